The predicted molar refractivity (Wildman–Crippen MR) is 106 cm³/mol. The molecule has 1 saturated heterocycles. The van der Waals surface area contributed by atoms with Crippen LogP contribution in [0.4, 0.5) is 10.6 Å². The van der Waals surface area contributed by atoms with Crippen molar-refractivity contribution in [1.82, 2.24) is 20.3 Å². The third-order valence-electron chi connectivity index (χ3n) is 4.69. The molecule has 0 atom stereocenters. The Kier molecular flexibility index (Phi) is 7.02. The van der Waals surface area contributed by atoms with Crippen LogP contribution >= 0.6 is 0 Å². The molecule has 2 N–H and O–H groups in total. The second-order valence-electron chi connectivity index (χ2n) is 6.99. The number of rotatable bonds is 8. The molecule has 28 heavy (non-hydrogen) atoms. The number of carbonyl (C=O) groups excluding carboxylic acids is 2. The molecule has 150 valence electrons. The number of hydrogen-bond donors (Lipinski definition) is 2. The summed E-state index contributed by atoms with van der Waals surface area (Å²) in [7, 11) is 0. The number of likely N-dealkylation sites (tertiary alicyclic amines) is 1. The molecule has 0 radical (unpaired) electrons. The highest BCUT2D eigenvalue weighted by atomic mass is 16.5. The second-order valence-corrected chi connectivity index (χ2v) is 6.99. The van der Waals surface area contributed by atoms with Crippen LogP contribution in [0.5, 0.6) is 0 Å². The number of urea groups is 1. The third-order valence-corrected chi connectivity index (χ3v) is 4.69. The number of nitrogens with zero attached hydrogens (tertiary/aromatic N) is 3. The SMILES string of the molecule is Cc1cc(NC(=O)CN(CCN2CCCC2)C(=O)NCc2ccccc2)no1. The molecular formula is C20H27N5O3. The van der Waals surface area contributed by atoms with E-state index < -0.39 is 0 Å². The Morgan fingerprint density at radius 1 is 1.21 bits per heavy atom. The molecule has 1 aromatic carbocycles. The summed E-state index contributed by atoms with van der Waals surface area (Å²) in [6.07, 6.45) is 2.37. The number of hydrogen-bond acceptors (Lipinski definition) is 5. The average molecular weight is 385 g/mol. The van der Waals surface area contributed by atoms with Crippen molar-refractivity contribution in [2.24, 2.45) is 0 Å². The summed E-state index contributed by atoms with van der Waals surface area (Å²) >= 11 is 0. The van der Waals surface area contributed by atoms with Crippen LogP contribution in [0.15, 0.2) is 40.9 Å². The van der Waals surface area contributed by atoms with E-state index in [1.165, 1.54) is 12.8 Å². The van der Waals surface area contributed by atoms with Gasteiger partial charge in [-0.05, 0) is 38.4 Å². The van der Waals surface area contributed by atoms with Crippen molar-refractivity contribution < 1.29 is 14.1 Å². The number of anilines is 1. The lowest BCUT2D eigenvalue weighted by molar-refractivity contribution is -0.116. The number of carbonyl (C=O) groups is 2. The van der Waals surface area contributed by atoms with Crippen molar-refractivity contribution in [1.29, 1.82) is 0 Å². The highest BCUT2D eigenvalue weighted by Crippen LogP contribution is 2.09. The Balaban J connectivity index is 1.56. The summed E-state index contributed by atoms with van der Waals surface area (Å²) in [6, 6.07) is 11.1. The Morgan fingerprint density at radius 3 is 2.64 bits per heavy atom. The molecule has 1 fully saturated rings. The van der Waals surface area contributed by atoms with Gasteiger partial charge >= 0.3 is 6.03 Å². The Bertz CT molecular complexity index is 771. The molecule has 0 bridgehead atoms. The fourth-order valence-electron chi connectivity index (χ4n) is 3.19. The molecule has 8 heteroatoms. The van der Waals surface area contributed by atoms with E-state index in [0.717, 1.165) is 25.2 Å². The van der Waals surface area contributed by atoms with Gasteiger partial charge in [-0.15, -0.1) is 0 Å². The number of amides is 3. The zero-order valence-electron chi connectivity index (χ0n) is 16.2. The fraction of sp³-hybridized carbons (Fsp3) is 0.450. The number of aromatic nitrogens is 1. The van der Waals surface area contributed by atoms with E-state index in [9.17, 15) is 9.59 Å². The smallest absolute Gasteiger partial charge is 0.318 e. The normalized spacial score (nSPS) is 14.0. The van der Waals surface area contributed by atoms with E-state index in [0.29, 0.717) is 24.7 Å². The standard InChI is InChI=1S/C20H27N5O3/c1-16-13-18(23-28-16)22-19(26)15-25(12-11-24-9-5-6-10-24)20(27)21-14-17-7-3-2-4-8-17/h2-4,7-8,13H,5-6,9-12,14-15H2,1H3,(H,21,27)(H,22,23,26). The zero-order chi connectivity index (χ0) is 19.8. The van der Waals surface area contributed by atoms with Gasteiger partial charge in [-0.1, -0.05) is 35.5 Å². The average Bonchev–Trinajstić information content (AvgIpc) is 3.35. The molecule has 1 aliphatic rings. The van der Waals surface area contributed by atoms with Crippen LogP contribution in [0.25, 0.3) is 0 Å². The van der Waals surface area contributed by atoms with Crippen molar-refractivity contribution in [3.63, 3.8) is 0 Å². The molecule has 0 spiro atoms. The Hall–Kier alpha value is -2.87. The van der Waals surface area contributed by atoms with Crippen LogP contribution in [0.2, 0.25) is 0 Å². The summed E-state index contributed by atoms with van der Waals surface area (Å²) in [5.41, 5.74) is 1.01. The molecule has 8 nitrogen and oxygen atoms in total. The zero-order valence-corrected chi connectivity index (χ0v) is 16.2. The molecule has 3 amide bonds. The molecule has 2 heterocycles. The van der Waals surface area contributed by atoms with Gasteiger partial charge in [0, 0.05) is 25.7 Å². The number of nitrogens with one attached hydrogen (secondary N) is 2. The largest absolute Gasteiger partial charge is 0.360 e. The molecule has 0 saturated carbocycles. The van der Waals surface area contributed by atoms with E-state index in [-0.39, 0.29) is 18.5 Å². The third kappa shape index (κ3) is 6.09. The lowest BCUT2D eigenvalue weighted by atomic mass is 10.2. The van der Waals surface area contributed by atoms with Crippen LogP contribution in [0, 0.1) is 6.92 Å². The van der Waals surface area contributed by atoms with Crippen molar-refractivity contribution in [2.75, 3.05) is 38.0 Å². The highest BCUT2D eigenvalue weighted by Gasteiger charge is 2.20. The van der Waals surface area contributed by atoms with Gasteiger partial charge in [-0.3, -0.25) is 4.79 Å². The minimum absolute atomic E-state index is 0.0413. The van der Waals surface area contributed by atoms with Gasteiger partial charge in [0.2, 0.25) is 5.91 Å². The van der Waals surface area contributed by atoms with Crippen molar-refractivity contribution in [3.8, 4) is 0 Å². The van der Waals surface area contributed by atoms with E-state index in [2.05, 4.69) is 20.7 Å². The number of benzene rings is 1. The predicted octanol–water partition coefficient (Wildman–Crippen LogP) is 2.23. The first kappa shape index (κ1) is 19.9. The summed E-state index contributed by atoms with van der Waals surface area (Å²) in [5, 5.41) is 9.33. The summed E-state index contributed by atoms with van der Waals surface area (Å²) in [4.78, 5) is 28.9. The monoisotopic (exact) mass is 385 g/mol. The second kappa shape index (κ2) is 9.89. The van der Waals surface area contributed by atoms with Crippen LogP contribution in [0.3, 0.4) is 0 Å². The molecule has 3 rings (SSSR count). The first-order valence-electron chi connectivity index (χ1n) is 9.62. The molecule has 0 unspecified atom stereocenters. The molecule has 1 aromatic heterocycles. The van der Waals surface area contributed by atoms with Gasteiger partial charge in [-0.25, -0.2) is 4.79 Å². The van der Waals surface area contributed by atoms with Crippen LogP contribution < -0.4 is 10.6 Å². The van der Waals surface area contributed by atoms with Crippen molar-refractivity contribution in [3.05, 3.63) is 47.7 Å². The van der Waals surface area contributed by atoms with Gasteiger partial charge in [0.1, 0.15) is 12.3 Å². The molecular weight excluding hydrogens is 358 g/mol. The van der Waals surface area contributed by atoms with Gasteiger partial charge in [-0.2, -0.15) is 0 Å². The van der Waals surface area contributed by atoms with E-state index in [1.807, 2.05) is 30.3 Å². The lowest BCUT2D eigenvalue weighted by Gasteiger charge is -2.25. The minimum Gasteiger partial charge on any atom is -0.360 e. The van der Waals surface area contributed by atoms with Gasteiger partial charge in [0.25, 0.3) is 0 Å². The summed E-state index contributed by atoms with van der Waals surface area (Å²) in [6.45, 7) is 5.47. The van der Waals surface area contributed by atoms with Gasteiger partial charge in [0.05, 0.1) is 0 Å². The first-order chi connectivity index (χ1) is 13.6. The van der Waals surface area contributed by atoms with E-state index in [4.69, 9.17) is 4.52 Å². The van der Waals surface area contributed by atoms with Crippen molar-refractivity contribution >= 4 is 17.8 Å². The lowest BCUT2D eigenvalue weighted by Crippen LogP contribution is -2.46. The maximum Gasteiger partial charge on any atom is 0.318 e. The van der Waals surface area contributed by atoms with E-state index >= 15 is 0 Å². The van der Waals surface area contributed by atoms with Crippen LogP contribution in [-0.2, 0) is 11.3 Å². The summed E-state index contributed by atoms with van der Waals surface area (Å²) < 4.78 is 4.96. The van der Waals surface area contributed by atoms with E-state index in [1.54, 1.807) is 17.9 Å². The fourth-order valence-corrected chi connectivity index (χ4v) is 3.19. The molecule has 1 aliphatic heterocycles. The molecule has 2 aromatic rings. The topological polar surface area (TPSA) is 90.7 Å². The summed E-state index contributed by atoms with van der Waals surface area (Å²) in [5.74, 6) is 0.665. The molecule has 0 aliphatic carbocycles. The number of aryl methyl sites for hydroxylation is 1. The highest BCUT2D eigenvalue weighted by molar-refractivity contribution is 5.93. The maximum absolute atomic E-state index is 12.7. The Morgan fingerprint density at radius 2 is 1.96 bits per heavy atom. The Labute approximate surface area is 164 Å². The van der Waals surface area contributed by atoms with Gasteiger partial charge in [0.15, 0.2) is 5.82 Å². The van der Waals surface area contributed by atoms with Gasteiger partial charge < -0.3 is 25.0 Å². The minimum atomic E-state index is -0.301. The van der Waals surface area contributed by atoms with Crippen LogP contribution in [0.1, 0.15) is 24.2 Å². The quantitative estimate of drug-likeness (QED) is 0.727. The maximum atomic E-state index is 12.7. The van der Waals surface area contributed by atoms with Crippen molar-refractivity contribution in [2.45, 2.75) is 26.3 Å². The van der Waals surface area contributed by atoms with Crippen LogP contribution in [-0.4, -0.2) is 59.6 Å². The first-order valence-corrected chi connectivity index (χ1v) is 9.62.